The Morgan fingerprint density at radius 1 is 1.25 bits per heavy atom. The predicted octanol–water partition coefficient (Wildman–Crippen LogP) is 1.91. The topological polar surface area (TPSA) is 44.7 Å². The summed E-state index contributed by atoms with van der Waals surface area (Å²) in [5.41, 5.74) is 2.43. The summed E-state index contributed by atoms with van der Waals surface area (Å²) in [6.45, 7) is 9.04. The van der Waals surface area contributed by atoms with Crippen LogP contribution >= 0.6 is 0 Å². The molecule has 4 heteroatoms. The second-order valence-electron chi connectivity index (χ2n) is 5.69. The van der Waals surface area contributed by atoms with E-state index in [0.717, 1.165) is 32.0 Å². The fourth-order valence-electron chi connectivity index (χ4n) is 2.54. The van der Waals surface area contributed by atoms with Gasteiger partial charge in [0.2, 0.25) is 0 Å². The molecule has 0 aromatic heterocycles. The van der Waals surface area contributed by atoms with E-state index in [9.17, 15) is 5.11 Å². The van der Waals surface area contributed by atoms with Gasteiger partial charge in [-0.05, 0) is 17.5 Å². The number of para-hydroxylation sites is 1. The van der Waals surface area contributed by atoms with Crippen molar-refractivity contribution in [3.05, 3.63) is 29.8 Å². The van der Waals surface area contributed by atoms with Crippen LogP contribution in [0.2, 0.25) is 0 Å². The molecule has 0 bridgehead atoms. The summed E-state index contributed by atoms with van der Waals surface area (Å²) >= 11 is 0. The van der Waals surface area contributed by atoms with Gasteiger partial charge in [0.15, 0.2) is 0 Å². The summed E-state index contributed by atoms with van der Waals surface area (Å²) in [5, 5.41) is 13.5. The lowest BCUT2D eigenvalue weighted by Gasteiger charge is -2.28. The number of ether oxygens (including phenoxy) is 1. The molecular weight excluding hydrogens is 252 g/mol. The minimum atomic E-state index is -0.353. The van der Waals surface area contributed by atoms with Gasteiger partial charge in [0.1, 0.15) is 0 Å². The third-order valence-electron chi connectivity index (χ3n) is 3.68. The van der Waals surface area contributed by atoms with E-state index in [2.05, 4.69) is 42.3 Å². The number of benzene rings is 1. The molecule has 2 rings (SSSR count). The number of nitrogens with zero attached hydrogens (tertiary/aromatic N) is 1. The van der Waals surface area contributed by atoms with E-state index in [1.54, 1.807) is 0 Å². The predicted molar refractivity (Wildman–Crippen MR) is 82.3 cm³/mol. The molecule has 0 spiro atoms. The van der Waals surface area contributed by atoms with Crippen molar-refractivity contribution >= 4 is 5.69 Å². The number of hydrogen-bond donors (Lipinski definition) is 2. The molecule has 20 heavy (non-hydrogen) atoms. The fourth-order valence-corrected chi connectivity index (χ4v) is 2.54. The van der Waals surface area contributed by atoms with Gasteiger partial charge in [0.25, 0.3) is 0 Å². The first-order valence-electron chi connectivity index (χ1n) is 7.48. The number of anilines is 1. The molecule has 1 aromatic carbocycles. The Morgan fingerprint density at radius 2 is 1.95 bits per heavy atom. The third-order valence-corrected chi connectivity index (χ3v) is 3.68. The van der Waals surface area contributed by atoms with Gasteiger partial charge >= 0.3 is 0 Å². The molecule has 1 aliphatic heterocycles. The summed E-state index contributed by atoms with van der Waals surface area (Å²) in [7, 11) is 0. The Morgan fingerprint density at radius 3 is 2.65 bits per heavy atom. The van der Waals surface area contributed by atoms with Crippen molar-refractivity contribution < 1.29 is 9.84 Å². The van der Waals surface area contributed by atoms with Crippen LogP contribution in [0.3, 0.4) is 0 Å². The number of rotatable bonds is 6. The molecule has 1 saturated heterocycles. The summed E-state index contributed by atoms with van der Waals surface area (Å²) in [6, 6.07) is 8.31. The fraction of sp³-hybridized carbons (Fsp3) is 0.625. The van der Waals surface area contributed by atoms with Crippen molar-refractivity contribution in [1.29, 1.82) is 0 Å². The van der Waals surface area contributed by atoms with Gasteiger partial charge in [-0.1, -0.05) is 32.0 Å². The van der Waals surface area contributed by atoms with Crippen LogP contribution < -0.4 is 5.32 Å². The molecule has 1 fully saturated rings. The van der Waals surface area contributed by atoms with Crippen LogP contribution in [-0.2, 0) is 4.74 Å². The van der Waals surface area contributed by atoms with E-state index in [-0.39, 0.29) is 6.10 Å². The number of aliphatic hydroxyl groups excluding tert-OH is 1. The average Bonchev–Trinajstić information content (AvgIpc) is 2.46. The van der Waals surface area contributed by atoms with E-state index in [1.165, 1.54) is 5.56 Å². The molecule has 1 aliphatic rings. The Kier molecular flexibility index (Phi) is 5.83. The van der Waals surface area contributed by atoms with E-state index < -0.39 is 0 Å². The molecule has 1 heterocycles. The number of morpholine rings is 1. The maximum absolute atomic E-state index is 10.1. The van der Waals surface area contributed by atoms with Gasteiger partial charge < -0.3 is 15.2 Å². The summed E-state index contributed by atoms with van der Waals surface area (Å²) < 4.78 is 5.31. The normalized spacial score (nSPS) is 18.2. The lowest BCUT2D eigenvalue weighted by molar-refractivity contribution is 0.0171. The van der Waals surface area contributed by atoms with Crippen LogP contribution in [0.25, 0.3) is 0 Å². The average molecular weight is 278 g/mol. The maximum Gasteiger partial charge on any atom is 0.0839 e. The van der Waals surface area contributed by atoms with Gasteiger partial charge in [-0.3, -0.25) is 4.90 Å². The van der Waals surface area contributed by atoms with E-state index >= 15 is 0 Å². The highest BCUT2D eigenvalue weighted by molar-refractivity contribution is 5.52. The van der Waals surface area contributed by atoms with Crippen molar-refractivity contribution in [2.24, 2.45) is 0 Å². The zero-order chi connectivity index (χ0) is 14.4. The zero-order valence-corrected chi connectivity index (χ0v) is 12.5. The van der Waals surface area contributed by atoms with Crippen molar-refractivity contribution in [1.82, 2.24) is 4.90 Å². The lowest BCUT2D eigenvalue weighted by Crippen LogP contribution is -2.42. The van der Waals surface area contributed by atoms with Crippen LogP contribution in [0, 0.1) is 0 Å². The Hall–Kier alpha value is -1.10. The molecule has 1 unspecified atom stereocenters. The molecule has 4 nitrogen and oxygen atoms in total. The highest BCUT2D eigenvalue weighted by atomic mass is 16.5. The van der Waals surface area contributed by atoms with Crippen molar-refractivity contribution in [3.63, 3.8) is 0 Å². The Bertz CT molecular complexity index is 403. The van der Waals surface area contributed by atoms with Gasteiger partial charge in [0.05, 0.1) is 19.3 Å². The largest absolute Gasteiger partial charge is 0.390 e. The van der Waals surface area contributed by atoms with Gasteiger partial charge in [-0.2, -0.15) is 0 Å². The summed E-state index contributed by atoms with van der Waals surface area (Å²) in [4.78, 5) is 2.25. The van der Waals surface area contributed by atoms with E-state index in [4.69, 9.17) is 4.74 Å². The van der Waals surface area contributed by atoms with Gasteiger partial charge in [-0.25, -0.2) is 0 Å². The maximum atomic E-state index is 10.1. The smallest absolute Gasteiger partial charge is 0.0839 e. The standard InChI is InChI=1S/C16H26N2O2/c1-13(2)15-5-3-4-6-16(15)17-11-14(19)12-18-7-9-20-10-8-18/h3-6,13-14,17,19H,7-12H2,1-2H3. The third kappa shape index (κ3) is 4.47. The van der Waals surface area contributed by atoms with Crippen LogP contribution in [-0.4, -0.2) is 55.5 Å². The minimum Gasteiger partial charge on any atom is -0.390 e. The van der Waals surface area contributed by atoms with Crippen LogP contribution in [0.1, 0.15) is 25.3 Å². The lowest BCUT2D eigenvalue weighted by atomic mass is 10.0. The first-order chi connectivity index (χ1) is 9.66. The van der Waals surface area contributed by atoms with Crippen molar-refractivity contribution in [3.8, 4) is 0 Å². The summed E-state index contributed by atoms with van der Waals surface area (Å²) in [5.74, 6) is 0.482. The van der Waals surface area contributed by atoms with Crippen molar-refractivity contribution in [2.45, 2.75) is 25.9 Å². The van der Waals surface area contributed by atoms with Crippen molar-refractivity contribution in [2.75, 3.05) is 44.7 Å². The molecule has 0 aliphatic carbocycles. The summed E-state index contributed by atoms with van der Waals surface area (Å²) in [6.07, 6.45) is -0.353. The molecule has 0 radical (unpaired) electrons. The molecular formula is C16H26N2O2. The molecule has 112 valence electrons. The monoisotopic (exact) mass is 278 g/mol. The highest BCUT2D eigenvalue weighted by Crippen LogP contribution is 2.23. The highest BCUT2D eigenvalue weighted by Gasteiger charge is 2.15. The number of nitrogens with one attached hydrogen (secondary N) is 1. The minimum absolute atomic E-state index is 0.353. The number of hydrogen-bond acceptors (Lipinski definition) is 4. The van der Waals surface area contributed by atoms with Gasteiger partial charge in [0, 0.05) is 31.9 Å². The molecule has 1 aromatic rings. The van der Waals surface area contributed by atoms with Crippen LogP contribution in [0.4, 0.5) is 5.69 Å². The first-order valence-corrected chi connectivity index (χ1v) is 7.48. The molecule has 2 N–H and O–H groups in total. The molecule has 1 atom stereocenters. The number of aliphatic hydroxyl groups is 1. The SMILES string of the molecule is CC(C)c1ccccc1NCC(O)CN1CCOCC1. The quantitative estimate of drug-likeness (QED) is 0.834. The van der Waals surface area contributed by atoms with Crippen LogP contribution in [0.15, 0.2) is 24.3 Å². The first kappa shape index (κ1) is 15.3. The van der Waals surface area contributed by atoms with E-state index in [1.807, 2.05) is 6.07 Å². The van der Waals surface area contributed by atoms with Gasteiger partial charge in [-0.15, -0.1) is 0 Å². The van der Waals surface area contributed by atoms with E-state index in [0.29, 0.717) is 19.0 Å². The second kappa shape index (κ2) is 7.62. The second-order valence-corrected chi connectivity index (χ2v) is 5.69. The zero-order valence-electron chi connectivity index (χ0n) is 12.5. The molecule has 0 saturated carbocycles. The number of β-amino-alcohol motifs (C(OH)–C–C–N with tert-alkyl or cyclic N) is 1. The Balaban J connectivity index is 1.82. The Labute approximate surface area is 121 Å². The molecule has 0 amide bonds. The van der Waals surface area contributed by atoms with Crippen LogP contribution in [0.5, 0.6) is 0 Å².